The van der Waals surface area contributed by atoms with E-state index in [0.29, 0.717) is 17.9 Å². The van der Waals surface area contributed by atoms with E-state index in [1.54, 1.807) is 0 Å². The number of likely N-dealkylation sites (tertiary alicyclic amines) is 1. The summed E-state index contributed by atoms with van der Waals surface area (Å²) in [5.74, 6) is 1.22. The Morgan fingerprint density at radius 1 is 1.40 bits per heavy atom. The van der Waals surface area contributed by atoms with E-state index in [4.69, 9.17) is 0 Å². The van der Waals surface area contributed by atoms with Gasteiger partial charge in [-0.1, -0.05) is 34.1 Å². The summed E-state index contributed by atoms with van der Waals surface area (Å²) in [4.78, 5) is 2.58. The zero-order chi connectivity index (χ0) is 15.0. The normalized spacial score (nSPS) is 24.0. The molecule has 2 unspecified atom stereocenters. The van der Waals surface area contributed by atoms with Crippen LogP contribution < -0.4 is 5.32 Å². The summed E-state index contributed by atoms with van der Waals surface area (Å²) in [7, 11) is 0. The molecule has 0 radical (unpaired) electrons. The molecule has 2 N–H and O–H groups in total. The Morgan fingerprint density at radius 3 is 2.75 bits per heavy atom. The Kier molecular flexibility index (Phi) is 8.08. The summed E-state index contributed by atoms with van der Waals surface area (Å²) in [6.45, 7) is 15.3. The fraction of sp³-hybridized carbons (Fsp3) is 1.00. The molecule has 0 saturated carbocycles. The molecule has 1 heterocycles. The molecule has 1 aliphatic rings. The summed E-state index contributed by atoms with van der Waals surface area (Å²) in [5, 5.41) is 13.0. The molecule has 0 aromatic heterocycles. The maximum atomic E-state index is 9.37. The lowest BCUT2D eigenvalue weighted by Gasteiger charge is -2.39. The van der Waals surface area contributed by atoms with E-state index in [1.165, 1.54) is 38.8 Å². The second-order valence-corrected chi connectivity index (χ2v) is 7.51. The Labute approximate surface area is 126 Å². The highest BCUT2D eigenvalue weighted by Gasteiger charge is 2.28. The summed E-state index contributed by atoms with van der Waals surface area (Å²) in [6, 6.07) is 0. The standard InChI is InChI=1S/C17H36N2O/c1-5-8-17(4,13-18-10-15(2)3)14-19-9-6-7-16(11-19)12-20/h15-16,18,20H,5-14H2,1-4H3. The molecule has 2 atom stereocenters. The molecule has 0 aliphatic carbocycles. The minimum Gasteiger partial charge on any atom is -0.396 e. The van der Waals surface area contributed by atoms with E-state index in [1.807, 2.05) is 0 Å². The van der Waals surface area contributed by atoms with Gasteiger partial charge in [-0.15, -0.1) is 0 Å². The molecule has 1 saturated heterocycles. The van der Waals surface area contributed by atoms with Gasteiger partial charge in [0.15, 0.2) is 0 Å². The highest BCUT2D eigenvalue weighted by Crippen LogP contribution is 2.26. The van der Waals surface area contributed by atoms with Crippen molar-refractivity contribution in [3.8, 4) is 0 Å². The number of nitrogens with zero attached hydrogens (tertiary/aromatic N) is 1. The quantitative estimate of drug-likeness (QED) is 0.683. The Hall–Kier alpha value is -0.120. The molecule has 0 bridgehead atoms. The predicted octanol–water partition coefficient (Wildman–Crippen LogP) is 2.74. The maximum absolute atomic E-state index is 9.37. The van der Waals surface area contributed by atoms with Crippen LogP contribution in [0.25, 0.3) is 0 Å². The van der Waals surface area contributed by atoms with Crippen molar-refractivity contribution in [1.29, 1.82) is 0 Å². The molecular weight excluding hydrogens is 248 g/mol. The van der Waals surface area contributed by atoms with Gasteiger partial charge >= 0.3 is 0 Å². The van der Waals surface area contributed by atoms with E-state index < -0.39 is 0 Å². The van der Waals surface area contributed by atoms with Gasteiger partial charge in [-0.05, 0) is 49.6 Å². The first-order valence-electron chi connectivity index (χ1n) is 8.53. The van der Waals surface area contributed by atoms with Crippen LogP contribution in [-0.2, 0) is 0 Å². The van der Waals surface area contributed by atoms with Gasteiger partial charge in [0.25, 0.3) is 0 Å². The zero-order valence-corrected chi connectivity index (χ0v) is 14.1. The van der Waals surface area contributed by atoms with Crippen LogP contribution >= 0.6 is 0 Å². The van der Waals surface area contributed by atoms with Gasteiger partial charge in [0.05, 0.1) is 0 Å². The first-order valence-corrected chi connectivity index (χ1v) is 8.53. The molecule has 0 aromatic rings. The van der Waals surface area contributed by atoms with Gasteiger partial charge in [0, 0.05) is 26.2 Å². The zero-order valence-electron chi connectivity index (χ0n) is 14.1. The fourth-order valence-electron chi connectivity index (χ4n) is 3.47. The van der Waals surface area contributed by atoms with Crippen LogP contribution in [-0.4, -0.2) is 49.3 Å². The van der Waals surface area contributed by atoms with Gasteiger partial charge < -0.3 is 15.3 Å². The second kappa shape index (κ2) is 9.01. The average Bonchev–Trinajstić information content (AvgIpc) is 2.38. The van der Waals surface area contributed by atoms with E-state index in [0.717, 1.165) is 25.6 Å². The van der Waals surface area contributed by atoms with E-state index in [-0.39, 0.29) is 0 Å². The van der Waals surface area contributed by atoms with Crippen molar-refractivity contribution in [2.24, 2.45) is 17.3 Å². The molecule has 1 fully saturated rings. The van der Waals surface area contributed by atoms with Crippen molar-refractivity contribution in [3.63, 3.8) is 0 Å². The summed E-state index contributed by atoms with van der Waals surface area (Å²) in [6.07, 6.45) is 4.96. The molecule has 0 amide bonds. The maximum Gasteiger partial charge on any atom is 0.0471 e. The van der Waals surface area contributed by atoms with Gasteiger partial charge in [-0.25, -0.2) is 0 Å². The van der Waals surface area contributed by atoms with Crippen molar-refractivity contribution in [3.05, 3.63) is 0 Å². The van der Waals surface area contributed by atoms with Crippen LogP contribution in [0, 0.1) is 17.3 Å². The first-order chi connectivity index (χ1) is 9.49. The number of hydrogen-bond donors (Lipinski definition) is 2. The molecule has 20 heavy (non-hydrogen) atoms. The third kappa shape index (κ3) is 6.55. The lowest BCUT2D eigenvalue weighted by Crippen LogP contribution is -2.46. The van der Waals surface area contributed by atoms with E-state index in [2.05, 4.69) is 37.9 Å². The van der Waals surface area contributed by atoms with Crippen LogP contribution in [0.2, 0.25) is 0 Å². The smallest absolute Gasteiger partial charge is 0.0471 e. The fourth-order valence-corrected chi connectivity index (χ4v) is 3.47. The SMILES string of the molecule is CCCC(C)(CNCC(C)C)CN1CCCC(CO)C1. The van der Waals surface area contributed by atoms with Crippen LogP contribution in [0.3, 0.4) is 0 Å². The predicted molar refractivity (Wildman–Crippen MR) is 87.0 cm³/mol. The molecular formula is C17H36N2O. The summed E-state index contributed by atoms with van der Waals surface area (Å²) < 4.78 is 0. The van der Waals surface area contributed by atoms with E-state index in [9.17, 15) is 5.11 Å². The molecule has 3 nitrogen and oxygen atoms in total. The number of aliphatic hydroxyl groups is 1. The van der Waals surface area contributed by atoms with Crippen LogP contribution in [0.1, 0.15) is 53.4 Å². The lowest BCUT2D eigenvalue weighted by atomic mass is 9.83. The third-order valence-corrected chi connectivity index (χ3v) is 4.42. The van der Waals surface area contributed by atoms with Gasteiger partial charge in [0.1, 0.15) is 0 Å². The van der Waals surface area contributed by atoms with E-state index >= 15 is 0 Å². The van der Waals surface area contributed by atoms with Crippen molar-refractivity contribution in [2.75, 3.05) is 39.3 Å². The molecule has 1 rings (SSSR count). The van der Waals surface area contributed by atoms with Crippen LogP contribution in [0.4, 0.5) is 0 Å². The monoisotopic (exact) mass is 284 g/mol. The largest absolute Gasteiger partial charge is 0.396 e. The number of rotatable bonds is 9. The average molecular weight is 284 g/mol. The molecule has 0 spiro atoms. The van der Waals surface area contributed by atoms with Gasteiger partial charge in [0.2, 0.25) is 0 Å². The van der Waals surface area contributed by atoms with Crippen molar-refractivity contribution in [1.82, 2.24) is 10.2 Å². The van der Waals surface area contributed by atoms with Gasteiger partial charge in [-0.2, -0.15) is 0 Å². The van der Waals surface area contributed by atoms with Crippen LogP contribution in [0.5, 0.6) is 0 Å². The minimum atomic E-state index is 0.354. The molecule has 3 heteroatoms. The second-order valence-electron chi connectivity index (χ2n) is 7.51. The van der Waals surface area contributed by atoms with Crippen molar-refractivity contribution >= 4 is 0 Å². The minimum absolute atomic E-state index is 0.354. The number of aliphatic hydroxyl groups excluding tert-OH is 1. The van der Waals surface area contributed by atoms with Crippen molar-refractivity contribution in [2.45, 2.75) is 53.4 Å². The molecule has 0 aromatic carbocycles. The molecule has 1 aliphatic heterocycles. The Morgan fingerprint density at radius 2 is 2.15 bits per heavy atom. The first kappa shape index (κ1) is 17.9. The third-order valence-electron chi connectivity index (χ3n) is 4.42. The highest BCUT2D eigenvalue weighted by atomic mass is 16.3. The van der Waals surface area contributed by atoms with Crippen molar-refractivity contribution < 1.29 is 5.11 Å². The molecule has 120 valence electrons. The summed E-state index contributed by atoms with van der Waals surface area (Å²) >= 11 is 0. The summed E-state index contributed by atoms with van der Waals surface area (Å²) in [5.41, 5.74) is 0.362. The van der Waals surface area contributed by atoms with Crippen LogP contribution in [0.15, 0.2) is 0 Å². The highest BCUT2D eigenvalue weighted by molar-refractivity contribution is 4.83. The number of nitrogens with one attached hydrogen (secondary N) is 1. The topological polar surface area (TPSA) is 35.5 Å². The Balaban J connectivity index is 2.47. The lowest BCUT2D eigenvalue weighted by molar-refractivity contribution is 0.0791. The number of hydrogen-bond acceptors (Lipinski definition) is 3. The van der Waals surface area contributed by atoms with Gasteiger partial charge in [-0.3, -0.25) is 0 Å². The number of piperidine rings is 1. The Bertz CT molecular complexity index is 257.